The first-order valence-electron chi connectivity index (χ1n) is 5.66. The molecule has 0 fully saturated rings. The second-order valence-electron chi connectivity index (χ2n) is 3.73. The molecule has 96 valence electrons. The highest BCUT2D eigenvalue weighted by molar-refractivity contribution is 5.48. The minimum Gasteiger partial charge on any atom is -0.497 e. The normalized spacial score (nSPS) is 9.47. The number of hydrogen-bond donors (Lipinski definition) is 2. The van der Waals surface area contributed by atoms with Crippen molar-refractivity contribution in [3.8, 4) is 11.9 Å². The van der Waals surface area contributed by atoms with Gasteiger partial charge >= 0.3 is 0 Å². The minimum atomic E-state index is 0.464. The van der Waals surface area contributed by atoms with Crippen molar-refractivity contribution in [2.24, 2.45) is 0 Å². The average molecular weight is 255 g/mol. The summed E-state index contributed by atoms with van der Waals surface area (Å²) in [6.07, 6.45) is 3.21. The van der Waals surface area contributed by atoms with Gasteiger partial charge in [0.05, 0.1) is 7.11 Å². The molecule has 1 aromatic carbocycles. The highest BCUT2D eigenvalue weighted by Crippen LogP contribution is 2.14. The molecule has 0 bridgehead atoms. The van der Waals surface area contributed by atoms with Gasteiger partial charge in [0, 0.05) is 12.6 Å². The zero-order valence-corrected chi connectivity index (χ0v) is 10.4. The Morgan fingerprint density at radius 1 is 1.26 bits per heavy atom. The van der Waals surface area contributed by atoms with E-state index >= 15 is 0 Å². The predicted octanol–water partition coefficient (Wildman–Crippen LogP) is 1.99. The molecular formula is C13H13N5O. The van der Waals surface area contributed by atoms with Gasteiger partial charge in [-0.1, -0.05) is 12.1 Å². The Labute approximate surface area is 111 Å². The molecule has 0 atom stereocenters. The van der Waals surface area contributed by atoms with Crippen molar-refractivity contribution in [1.82, 2.24) is 9.97 Å². The van der Waals surface area contributed by atoms with Crippen molar-refractivity contribution >= 4 is 11.6 Å². The number of hydrogen-bond acceptors (Lipinski definition) is 6. The molecule has 19 heavy (non-hydrogen) atoms. The van der Waals surface area contributed by atoms with Gasteiger partial charge in [0.2, 0.25) is 0 Å². The Balaban J connectivity index is 2.01. The van der Waals surface area contributed by atoms with Crippen LogP contribution in [0.25, 0.3) is 0 Å². The second-order valence-corrected chi connectivity index (χ2v) is 3.73. The third-order valence-electron chi connectivity index (χ3n) is 2.46. The number of ether oxygens (including phenoxy) is 1. The molecule has 0 aliphatic rings. The average Bonchev–Trinajstić information content (AvgIpc) is 2.46. The van der Waals surface area contributed by atoms with E-state index in [9.17, 15) is 0 Å². The van der Waals surface area contributed by atoms with Crippen LogP contribution in [0.4, 0.5) is 11.6 Å². The van der Waals surface area contributed by atoms with Gasteiger partial charge < -0.3 is 10.1 Å². The summed E-state index contributed by atoms with van der Waals surface area (Å²) in [6, 6.07) is 9.43. The number of benzene rings is 1. The number of rotatable bonds is 5. The summed E-state index contributed by atoms with van der Waals surface area (Å²) < 4.78 is 5.16. The van der Waals surface area contributed by atoms with Crippen LogP contribution in [-0.4, -0.2) is 17.1 Å². The minimum absolute atomic E-state index is 0.464. The highest BCUT2D eigenvalue weighted by Gasteiger charge is 1.99. The Morgan fingerprint density at radius 2 is 2.11 bits per heavy atom. The Kier molecular flexibility index (Phi) is 4.13. The van der Waals surface area contributed by atoms with E-state index in [4.69, 9.17) is 10.00 Å². The zero-order chi connectivity index (χ0) is 13.5. The number of nitrogens with one attached hydrogen (secondary N) is 2. The van der Waals surface area contributed by atoms with Gasteiger partial charge in [-0.05, 0) is 17.7 Å². The largest absolute Gasteiger partial charge is 0.497 e. The van der Waals surface area contributed by atoms with Crippen molar-refractivity contribution in [1.29, 1.82) is 5.26 Å². The topological polar surface area (TPSA) is 82.9 Å². The lowest BCUT2D eigenvalue weighted by atomic mass is 10.2. The molecule has 2 rings (SSSR count). The van der Waals surface area contributed by atoms with Crippen molar-refractivity contribution < 1.29 is 4.74 Å². The van der Waals surface area contributed by atoms with E-state index in [1.807, 2.05) is 30.5 Å². The monoisotopic (exact) mass is 255 g/mol. The molecule has 6 nitrogen and oxygen atoms in total. The first-order valence-corrected chi connectivity index (χ1v) is 5.66. The maximum absolute atomic E-state index is 8.52. The number of aromatic nitrogens is 2. The van der Waals surface area contributed by atoms with Gasteiger partial charge in [0.25, 0.3) is 0 Å². The molecule has 2 aromatic rings. The predicted molar refractivity (Wildman–Crippen MR) is 71.6 cm³/mol. The van der Waals surface area contributed by atoms with Crippen LogP contribution >= 0.6 is 0 Å². The van der Waals surface area contributed by atoms with Crippen LogP contribution in [0.15, 0.2) is 36.7 Å². The van der Waals surface area contributed by atoms with Crippen LogP contribution < -0.4 is 15.4 Å². The molecule has 0 aliphatic heterocycles. The Hall–Kier alpha value is -2.81. The third-order valence-corrected chi connectivity index (χ3v) is 2.46. The molecule has 0 saturated heterocycles. The van der Waals surface area contributed by atoms with Gasteiger partial charge in [-0.15, -0.1) is 0 Å². The van der Waals surface area contributed by atoms with E-state index < -0.39 is 0 Å². The zero-order valence-electron chi connectivity index (χ0n) is 10.4. The molecule has 0 spiro atoms. The lowest BCUT2D eigenvalue weighted by Crippen LogP contribution is -2.03. The Bertz CT molecular complexity index is 594. The van der Waals surface area contributed by atoms with Crippen LogP contribution in [0.3, 0.4) is 0 Å². The van der Waals surface area contributed by atoms with Crippen LogP contribution in [0, 0.1) is 11.5 Å². The van der Waals surface area contributed by atoms with Gasteiger partial charge in [0.15, 0.2) is 6.19 Å². The molecular weight excluding hydrogens is 242 g/mol. The summed E-state index contributed by atoms with van der Waals surface area (Å²) in [5, 5.41) is 14.1. The fourth-order valence-electron chi connectivity index (χ4n) is 1.55. The van der Waals surface area contributed by atoms with Gasteiger partial charge in [-0.2, -0.15) is 5.26 Å². The summed E-state index contributed by atoms with van der Waals surface area (Å²) in [5.41, 5.74) is 1.08. The number of anilines is 2. The van der Waals surface area contributed by atoms with E-state index in [2.05, 4.69) is 20.6 Å². The summed E-state index contributed by atoms with van der Waals surface area (Å²) in [4.78, 5) is 7.98. The summed E-state index contributed by atoms with van der Waals surface area (Å²) in [5.74, 6) is 1.93. The van der Waals surface area contributed by atoms with Crippen LogP contribution in [0.5, 0.6) is 5.75 Å². The molecule has 1 heterocycles. The fourth-order valence-corrected chi connectivity index (χ4v) is 1.55. The first kappa shape index (κ1) is 12.6. The number of nitrogens with zero attached hydrogens (tertiary/aromatic N) is 3. The maximum Gasteiger partial charge on any atom is 0.182 e. The van der Waals surface area contributed by atoms with Crippen molar-refractivity contribution in [3.63, 3.8) is 0 Å². The van der Waals surface area contributed by atoms with Crippen molar-refractivity contribution in [2.75, 3.05) is 17.7 Å². The molecule has 0 unspecified atom stereocenters. The lowest BCUT2D eigenvalue weighted by Gasteiger charge is -2.07. The van der Waals surface area contributed by atoms with Crippen LogP contribution in [-0.2, 0) is 6.54 Å². The maximum atomic E-state index is 8.52. The molecule has 0 radical (unpaired) electrons. The third kappa shape index (κ3) is 3.57. The molecule has 0 aliphatic carbocycles. The summed E-state index contributed by atoms with van der Waals surface area (Å²) in [6.45, 7) is 0.611. The highest BCUT2D eigenvalue weighted by atomic mass is 16.5. The lowest BCUT2D eigenvalue weighted by molar-refractivity contribution is 0.414. The van der Waals surface area contributed by atoms with Gasteiger partial charge in [0.1, 0.15) is 23.7 Å². The SMILES string of the molecule is COc1cccc(CNc2cc(NC#N)ncn2)c1. The van der Waals surface area contributed by atoms with Crippen LogP contribution in [0.1, 0.15) is 5.56 Å². The van der Waals surface area contributed by atoms with Gasteiger partial charge in [-0.3, -0.25) is 5.32 Å². The molecule has 0 amide bonds. The molecule has 2 N–H and O–H groups in total. The van der Waals surface area contributed by atoms with E-state index in [0.29, 0.717) is 18.2 Å². The summed E-state index contributed by atoms with van der Waals surface area (Å²) in [7, 11) is 1.64. The quantitative estimate of drug-likeness (QED) is 0.628. The van der Waals surface area contributed by atoms with Crippen LogP contribution in [0.2, 0.25) is 0 Å². The number of methoxy groups -OCH3 is 1. The van der Waals surface area contributed by atoms with Crippen molar-refractivity contribution in [2.45, 2.75) is 6.54 Å². The molecule has 0 saturated carbocycles. The number of nitriles is 1. The summed E-state index contributed by atoms with van der Waals surface area (Å²) >= 11 is 0. The standard InChI is InChI=1S/C13H13N5O/c1-19-11-4-2-3-10(5-11)7-15-12-6-13(16-8-14)18-9-17-12/h2-6,9H,7H2,1H3,(H2,15,16,17,18). The van der Waals surface area contributed by atoms with Gasteiger partial charge in [-0.25, -0.2) is 9.97 Å². The van der Waals surface area contributed by atoms with E-state index in [-0.39, 0.29) is 0 Å². The van der Waals surface area contributed by atoms with E-state index in [0.717, 1.165) is 11.3 Å². The second kappa shape index (κ2) is 6.21. The molecule has 1 aromatic heterocycles. The van der Waals surface area contributed by atoms with E-state index in [1.54, 1.807) is 13.2 Å². The Morgan fingerprint density at radius 3 is 2.89 bits per heavy atom. The smallest absolute Gasteiger partial charge is 0.182 e. The van der Waals surface area contributed by atoms with Crippen molar-refractivity contribution in [3.05, 3.63) is 42.2 Å². The fraction of sp³-hybridized carbons (Fsp3) is 0.154. The molecule has 6 heteroatoms. The van der Waals surface area contributed by atoms with E-state index in [1.165, 1.54) is 6.33 Å². The first-order chi connectivity index (χ1) is 9.31.